The predicted octanol–water partition coefficient (Wildman–Crippen LogP) is 2.04. The minimum Gasteiger partial charge on any atom is -0.343 e. The highest BCUT2D eigenvalue weighted by molar-refractivity contribution is 5.74. The van der Waals surface area contributed by atoms with Gasteiger partial charge in [-0.05, 0) is 18.8 Å². The Morgan fingerprint density at radius 1 is 1.24 bits per heavy atom. The van der Waals surface area contributed by atoms with Crippen LogP contribution in [0.4, 0.5) is 0 Å². The van der Waals surface area contributed by atoms with Gasteiger partial charge in [-0.1, -0.05) is 25.7 Å². The van der Waals surface area contributed by atoms with E-state index in [0.717, 1.165) is 38.2 Å². The van der Waals surface area contributed by atoms with Crippen molar-refractivity contribution in [3.63, 3.8) is 0 Å². The molecule has 7 nitrogen and oxygen atoms in total. The molecular weight excluding hydrogens is 318 g/mol. The molecule has 3 heterocycles. The van der Waals surface area contributed by atoms with Gasteiger partial charge in [0.25, 0.3) is 5.56 Å². The van der Waals surface area contributed by atoms with E-state index in [4.69, 9.17) is 4.98 Å². The third-order valence-corrected chi connectivity index (χ3v) is 5.72. The number of fused-ring (bicyclic) bond motifs is 1. The first-order valence-corrected chi connectivity index (χ1v) is 9.33. The predicted molar refractivity (Wildman–Crippen MR) is 94.3 cm³/mol. The molecule has 4 rings (SSSR count). The Kier molecular flexibility index (Phi) is 4.31. The molecule has 2 aromatic heterocycles. The van der Waals surface area contributed by atoms with Crippen molar-refractivity contribution in [1.29, 1.82) is 0 Å². The standard InChI is InChI=1S/C18H25N5O2/c1-12(24)22-8-6-14(7-9-22)23-17-15(11-19-23)18(25)21-16(20-17)10-13-4-2-3-5-13/h11,13-14H,2-10H2,1H3,(H,20,21,25). The molecule has 134 valence electrons. The van der Waals surface area contributed by atoms with E-state index in [1.165, 1.54) is 25.7 Å². The minimum atomic E-state index is -0.0922. The molecule has 0 radical (unpaired) electrons. The zero-order valence-electron chi connectivity index (χ0n) is 14.7. The molecule has 7 heteroatoms. The van der Waals surface area contributed by atoms with Crippen molar-refractivity contribution < 1.29 is 4.79 Å². The van der Waals surface area contributed by atoms with Gasteiger partial charge in [-0.3, -0.25) is 9.59 Å². The number of aromatic amines is 1. The molecule has 1 aliphatic carbocycles. The van der Waals surface area contributed by atoms with E-state index in [-0.39, 0.29) is 17.5 Å². The summed E-state index contributed by atoms with van der Waals surface area (Å²) in [5.41, 5.74) is 0.600. The number of H-pyrrole nitrogens is 1. The molecule has 1 N–H and O–H groups in total. The molecule has 0 atom stereocenters. The summed E-state index contributed by atoms with van der Waals surface area (Å²) in [6.45, 7) is 3.08. The molecule has 2 aromatic rings. The van der Waals surface area contributed by atoms with Gasteiger partial charge in [0.2, 0.25) is 5.91 Å². The number of hydrogen-bond donors (Lipinski definition) is 1. The van der Waals surface area contributed by atoms with Crippen molar-refractivity contribution in [2.24, 2.45) is 5.92 Å². The van der Waals surface area contributed by atoms with Crippen LogP contribution in [0.1, 0.15) is 57.3 Å². The molecule has 1 aliphatic heterocycles. The Labute approximate surface area is 146 Å². The molecule has 0 aromatic carbocycles. The van der Waals surface area contributed by atoms with Crippen molar-refractivity contribution in [1.82, 2.24) is 24.6 Å². The second-order valence-corrected chi connectivity index (χ2v) is 7.43. The number of piperidine rings is 1. The fraction of sp³-hybridized carbons (Fsp3) is 0.667. The van der Waals surface area contributed by atoms with Gasteiger partial charge in [0.05, 0.1) is 12.2 Å². The summed E-state index contributed by atoms with van der Waals surface area (Å²) in [6.07, 6.45) is 9.19. The van der Waals surface area contributed by atoms with Gasteiger partial charge in [-0.25, -0.2) is 9.67 Å². The average molecular weight is 343 g/mol. The highest BCUT2D eigenvalue weighted by Crippen LogP contribution is 2.28. The van der Waals surface area contributed by atoms with Crippen LogP contribution in [0.25, 0.3) is 11.0 Å². The molecule has 1 saturated heterocycles. The van der Waals surface area contributed by atoms with Crippen LogP contribution in [0, 0.1) is 5.92 Å². The first-order valence-electron chi connectivity index (χ1n) is 9.33. The summed E-state index contributed by atoms with van der Waals surface area (Å²) in [5.74, 6) is 1.54. The molecule has 1 saturated carbocycles. The molecule has 25 heavy (non-hydrogen) atoms. The van der Waals surface area contributed by atoms with Gasteiger partial charge in [-0.2, -0.15) is 5.10 Å². The van der Waals surface area contributed by atoms with Crippen molar-refractivity contribution in [2.45, 2.75) is 57.9 Å². The Hall–Kier alpha value is -2.18. The van der Waals surface area contributed by atoms with E-state index < -0.39 is 0 Å². The van der Waals surface area contributed by atoms with Gasteiger partial charge >= 0.3 is 0 Å². The molecule has 0 spiro atoms. The maximum atomic E-state index is 12.4. The van der Waals surface area contributed by atoms with Gasteiger partial charge in [0, 0.05) is 26.4 Å². The van der Waals surface area contributed by atoms with Gasteiger partial charge in [0.1, 0.15) is 11.2 Å². The summed E-state index contributed by atoms with van der Waals surface area (Å²) in [5, 5.41) is 5.01. The molecular formula is C18H25N5O2. The number of aromatic nitrogens is 4. The summed E-state index contributed by atoms with van der Waals surface area (Å²) < 4.78 is 1.90. The molecule has 0 unspecified atom stereocenters. The van der Waals surface area contributed by atoms with Crippen LogP contribution in [-0.4, -0.2) is 43.6 Å². The lowest BCUT2D eigenvalue weighted by molar-refractivity contribution is -0.130. The highest BCUT2D eigenvalue weighted by Gasteiger charge is 2.25. The van der Waals surface area contributed by atoms with Crippen LogP contribution < -0.4 is 5.56 Å². The van der Waals surface area contributed by atoms with E-state index in [9.17, 15) is 9.59 Å². The van der Waals surface area contributed by atoms with E-state index in [2.05, 4.69) is 10.1 Å². The number of nitrogens with zero attached hydrogens (tertiary/aromatic N) is 4. The lowest BCUT2D eigenvalue weighted by atomic mass is 10.0. The first kappa shape index (κ1) is 16.3. The van der Waals surface area contributed by atoms with Crippen LogP contribution in [-0.2, 0) is 11.2 Å². The Balaban J connectivity index is 1.60. The van der Waals surface area contributed by atoms with E-state index in [0.29, 0.717) is 17.0 Å². The number of carbonyl (C=O) groups is 1. The fourth-order valence-corrected chi connectivity index (χ4v) is 4.26. The van der Waals surface area contributed by atoms with Crippen molar-refractivity contribution in [3.8, 4) is 0 Å². The van der Waals surface area contributed by atoms with Gasteiger partial charge < -0.3 is 9.88 Å². The zero-order valence-corrected chi connectivity index (χ0v) is 14.7. The Morgan fingerprint density at radius 2 is 1.96 bits per heavy atom. The zero-order chi connectivity index (χ0) is 17.4. The summed E-state index contributed by atoms with van der Waals surface area (Å²) in [6, 6.07) is 0.196. The number of likely N-dealkylation sites (tertiary alicyclic amines) is 1. The van der Waals surface area contributed by atoms with Crippen LogP contribution in [0.5, 0.6) is 0 Å². The molecule has 2 aliphatic rings. The van der Waals surface area contributed by atoms with Crippen molar-refractivity contribution >= 4 is 16.9 Å². The molecule has 1 amide bonds. The van der Waals surface area contributed by atoms with Crippen LogP contribution in [0.3, 0.4) is 0 Å². The Morgan fingerprint density at radius 3 is 2.64 bits per heavy atom. The third-order valence-electron chi connectivity index (χ3n) is 5.72. The van der Waals surface area contributed by atoms with Crippen LogP contribution in [0.2, 0.25) is 0 Å². The lowest BCUT2D eigenvalue weighted by Crippen LogP contribution is -2.37. The Bertz CT molecular complexity index is 826. The maximum absolute atomic E-state index is 12.4. The SMILES string of the molecule is CC(=O)N1CCC(n2ncc3c(=O)[nH]c(CC4CCCC4)nc32)CC1. The number of hydrogen-bond acceptors (Lipinski definition) is 4. The minimum absolute atomic E-state index is 0.0922. The second-order valence-electron chi connectivity index (χ2n) is 7.43. The van der Waals surface area contributed by atoms with Gasteiger partial charge in [0.15, 0.2) is 5.65 Å². The topological polar surface area (TPSA) is 83.9 Å². The van der Waals surface area contributed by atoms with E-state index >= 15 is 0 Å². The van der Waals surface area contributed by atoms with Crippen molar-refractivity contribution in [3.05, 3.63) is 22.4 Å². The average Bonchev–Trinajstić information content (AvgIpc) is 3.25. The number of amides is 1. The van der Waals surface area contributed by atoms with Gasteiger partial charge in [-0.15, -0.1) is 0 Å². The summed E-state index contributed by atoms with van der Waals surface area (Å²) in [4.78, 5) is 33.5. The van der Waals surface area contributed by atoms with E-state index in [1.54, 1.807) is 13.1 Å². The van der Waals surface area contributed by atoms with E-state index in [1.807, 2.05) is 9.58 Å². The maximum Gasteiger partial charge on any atom is 0.262 e. The number of nitrogens with one attached hydrogen (secondary N) is 1. The highest BCUT2D eigenvalue weighted by atomic mass is 16.2. The fourth-order valence-electron chi connectivity index (χ4n) is 4.26. The van der Waals surface area contributed by atoms with Crippen LogP contribution >= 0.6 is 0 Å². The third kappa shape index (κ3) is 3.19. The molecule has 0 bridgehead atoms. The monoisotopic (exact) mass is 343 g/mol. The summed E-state index contributed by atoms with van der Waals surface area (Å²) in [7, 11) is 0. The second kappa shape index (κ2) is 6.61. The smallest absolute Gasteiger partial charge is 0.262 e. The number of rotatable bonds is 3. The molecule has 2 fully saturated rings. The lowest BCUT2D eigenvalue weighted by Gasteiger charge is -2.31. The first-order chi connectivity index (χ1) is 12.1. The van der Waals surface area contributed by atoms with Crippen LogP contribution in [0.15, 0.2) is 11.0 Å². The number of carbonyl (C=O) groups excluding carboxylic acids is 1. The van der Waals surface area contributed by atoms with Crippen molar-refractivity contribution in [2.75, 3.05) is 13.1 Å². The quantitative estimate of drug-likeness (QED) is 0.924. The normalized spacial score (nSPS) is 19.8. The largest absolute Gasteiger partial charge is 0.343 e. The summed E-state index contributed by atoms with van der Waals surface area (Å²) >= 11 is 0.